The standard InChI is InChI=1S/C17H19FN4OS.HI/c18-14-2-1-3-15(10-14)23-16-5-4-13(11-20-16)12-21-17(19)22-6-8-24-9-7-22;/h1-5,10-11H,6-9,12H2,(H2,19,21);1H. The van der Waals surface area contributed by atoms with E-state index in [0.717, 1.165) is 30.2 Å². The normalized spacial score (nSPS) is 14.8. The van der Waals surface area contributed by atoms with Crippen LogP contribution in [0.25, 0.3) is 0 Å². The molecule has 1 saturated heterocycles. The third-order valence-electron chi connectivity index (χ3n) is 3.57. The number of aliphatic imine (C=N–C) groups is 1. The van der Waals surface area contributed by atoms with Gasteiger partial charge in [-0.2, -0.15) is 11.8 Å². The number of nitrogens with two attached hydrogens (primary N) is 1. The van der Waals surface area contributed by atoms with E-state index in [-0.39, 0.29) is 29.8 Å². The first-order valence-electron chi connectivity index (χ1n) is 7.72. The molecule has 0 saturated carbocycles. The Hall–Kier alpha value is -1.55. The lowest BCUT2D eigenvalue weighted by Crippen LogP contribution is -2.42. The van der Waals surface area contributed by atoms with Crippen LogP contribution in [0.2, 0.25) is 0 Å². The van der Waals surface area contributed by atoms with Gasteiger partial charge in [0.25, 0.3) is 0 Å². The Balaban J connectivity index is 0.00000225. The highest BCUT2D eigenvalue weighted by molar-refractivity contribution is 14.0. The van der Waals surface area contributed by atoms with Crippen molar-refractivity contribution in [2.45, 2.75) is 6.54 Å². The molecule has 25 heavy (non-hydrogen) atoms. The molecule has 1 aliphatic heterocycles. The number of guanidine groups is 1. The van der Waals surface area contributed by atoms with E-state index in [4.69, 9.17) is 10.5 Å². The molecule has 0 aliphatic carbocycles. The van der Waals surface area contributed by atoms with Gasteiger partial charge in [0.1, 0.15) is 11.6 Å². The van der Waals surface area contributed by atoms with Crippen molar-refractivity contribution in [2.24, 2.45) is 10.7 Å². The van der Waals surface area contributed by atoms with Crippen LogP contribution in [-0.2, 0) is 6.54 Å². The first-order chi connectivity index (χ1) is 11.7. The van der Waals surface area contributed by atoms with E-state index < -0.39 is 0 Å². The van der Waals surface area contributed by atoms with Gasteiger partial charge in [-0.15, -0.1) is 24.0 Å². The number of nitrogens with zero attached hydrogens (tertiary/aromatic N) is 3. The van der Waals surface area contributed by atoms with Gasteiger partial charge in [0.2, 0.25) is 5.88 Å². The summed E-state index contributed by atoms with van der Waals surface area (Å²) in [6.45, 7) is 2.36. The van der Waals surface area contributed by atoms with E-state index in [1.165, 1.54) is 12.1 Å². The quantitative estimate of drug-likeness (QED) is 0.418. The van der Waals surface area contributed by atoms with Gasteiger partial charge in [-0.3, -0.25) is 0 Å². The molecule has 8 heteroatoms. The maximum absolute atomic E-state index is 13.1. The fourth-order valence-corrected chi connectivity index (χ4v) is 3.18. The fourth-order valence-electron chi connectivity index (χ4n) is 2.28. The summed E-state index contributed by atoms with van der Waals surface area (Å²) in [4.78, 5) is 10.7. The maximum Gasteiger partial charge on any atom is 0.219 e. The molecule has 2 aromatic rings. The Kier molecular flexibility index (Phi) is 7.76. The smallest absolute Gasteiger partial charge is 0.219 e. The zero-order chi connectivity index (χ0) is 16.8. The van der Waals surface area contributed by atoms with E-state index in [9.17, 15) is 4.39 Å². The Morgan fingerprint density at radius 3 is 2.76 bits per heavy atom. The molecular weight excluding hydrogens is 454 g/mol. The second kappa shape index (κ2) is 9.81. The lowest BCUT2D eigenvalue weighted by atomic mass is 10.3. The molecule has 0 bridgehead atoms. The lowest BCUT2D eigenvalue weighted by molar-refractivity contribution is 0.455. The molecule has 0 atom stereocenters. The second-order valence-corrected chi connectivity index (χ2v) is 6.56. The molecule has 5 nitrogen and oxygen atoms in total. The highest BCUT2D eigenvalue weighted by atomic mass is 127. The Morgan fingerprint density at radius 1 is 1.28 bits per heavy atom. The van der Waals surface area contributed by atoms with Crippen molar-refractivity contribution >= 4 is 41.7 Å². The van der Waals surface area contributed by atoms with Gasteiger partial charge in [0.05, 0.1) is 6.54 Å². The minimum absolute atomic E-state index is 0. The summed E-state index contributed by atoms with van der Waals surface area (Å²) in [5, 5.41) is 0. The summed E-state index contributed by atoms with van der Waals surface area (Å²) in [5.74, 6) is 3.24. The second-order valence-electron chi connectivity index (χ2n) is 5.34. The van der Waals surface area contributed by atoms with Gasteiger partial charge in [0.15, 0.2) is 5.96 Å². The predicted molar refractivity (Wildman–Crippen MR) is 110 cm³/mol. The molecule has 3 rings (SSSR count). The number of benzene rings is 1. The molecule has 1 aromatic carbocycles. The van der Waals surface area contributed by atoms with Gasteiger partial charge in [0, 0.05) is 42.9 Å². The highest BCUT2D eigenvalue weighted by Gasteiger charge is 2.11. The minimum atomic E-state index is -0.343. The minimum Gasteiger partial charge on any atom is -0.439 e. The maximum atomic E-state index is 13.1. The molecule has 0 unspecified atom stereocenters. The summed E-state index contributed by atoms with van der Waals surface area (Å²) < 4.78 is 18.6. The van der Waals surface area contributed by atoms with Crippen molar-refractivity contribution in [3.05, 3.63) is 54.0 Å². The Morgan fingerprint density at radius 2 is 2.08 bits per heavy atom. The predicted octanol–water partition coefficient (Wildman–Crippen LogP) is 3.49. The van der Waals surface area contributed by atoms with Crippen LogP contribution in [0.4, 0.5) is 4.39 Å². The van der Waals surface area contributed by atoms with Crippen LogP contribution >= 0.6 is 35.7 Å². The van der Waals surface area contributed by atoms with Crippen LogP contribution in [0.1, 0.15) is 5.56 Å². The van der Waals surface area contributed by atoms with E-state index >= 15 is 0 Å². The number of rotatable bonds is 4. The molecule has 1 fully saturated rings. The summed E-state index contributed by atoms with van der Waals surface area (Å²) in [7, 11) is 0. The molecule has 0 amide bonds. The van der Waals surface area contributed by atoms with E-state index in [0.29, 0.717) is 24.1 Å². The van der Waals surface area contributed by atoms with Gasteiger partial charge >= 0.3 is 0 Å². The number of hydrogen-bond donors (Lipinski definition) is 1. The average molecular weight is 474 g/mol. The third-order valence-corrected chi connectivity index (χ3v) is 4.52. The topological polar surface area (TPSA) is 63.7 Å². The molecule has 2 N–H and O–H groups in total. The summed E-state index contributed by atoms with van der Waals surface area (Å²) in [6, 6.07) is 9.58. The van der Waals surface area contributed by atoms with Crippen LogP contribution < -0.4 is 10.5 Å². The third kappa shape index (κ3) is 6.03. The molecule has 0 spiro atoms. The SMILES string of the molecule is I.NC(=NCc1ccc(Oc2cccc(F)c2)nc1)N1CCSCC1. The van der Waals surface area contributed by atoms with Crippen LogP contribution in [-0.4, -0.2) is 40.4 Å². The van der Waals surface area contributed by atoms with Crippen LogP contribution in [0.15, 0.2) is 47.6 Å². The lowest BCUT2D eigenvalue weighted by Gasteiger charge is -2.27. The number of aromatic nitrogens is 1. The molecule has 134 valence electrons. The van der Waals surface area contributed by atoms with Crippen LogP contribution in [0, 0.1) is 5.82 Å². The van der Waals surface area contributed by atoms with Crippen LogP contribution in [0.5, 0.6) is 11.6 Å². The van der Waals surface area contributed by atoms with E-state index in [1.54, 1.807) is 24.4 Å². The molecule has 1 aliphatic rings. The number of pyridine rings is 1. The van der Waals surface area contributed by atoms with Crippen molar-refractivity contribution in [1.29, 1.82) is 0 Å². The number of hydrogen-bond acceptors (Lipinski definition) is 4. The van der Waals surface area contributed by atoms with Gasteiger partial charge < -0.3 is 15.4 Å². The zero-order valence-corrected chi connectivity index (χ0v) is 16.7. The summed E-state index contributed by atoms with van der Waals surface area (Å²) in [5.41, 5.74) is 6.97. The first-order valence-corrected chi connectivity index (χ1v) is 8.87. The van der Waals surface area contributed by atoms with Crippen molar-refractivity contribution in [3.63, 3.8) is 0 Å². The average Bonchev–Trinajstić information content (AvgIpc) is 2.62. The molecular formula is C17H20FIN4OS. The van der Waals surface area contributed by atoms with Gasteiger partial charge in [-0.05, 0) is 17.7 Å². The Bertz CT molecular complexity index is 708. The van der Waals surface area contributed by atoms with Crippen molar-refractivity contribution in [3.8, 4) is 11.6 Å². The van der Waals surface area contributed by atoms with Crippen molar-refractivity contribution in [1.82, 2.24) is 9.88 Å². The monoisotopic (exact) mass is 474 g/mol. The summed E-state index contributed by atoms with van der Waals surface area (Å²) >= 11 is 1.93. The fraction of sp³-hybridized carbons (Fsp3) is 0.294. The van der Waals surface area contributed by atoms with Gasteiger partial charge in [-0.1, -0.05) is 12.1 Å². The largest absolute Gasteiger partial charge is 0.439 e. The first kappa shape index (κ1) is 19.8. The Labute approximate surface area is 167 Å². The van der Waals surface area contributed by atoms with Gasteiger partial charge in [-0.25, -0.2) is 14.4 Å². The van der Waals surface area contributed by atoms with E-state index in [2.05, 4.69) is 14.9 Å². The zero-order valence-electron chi connectivity index (χ0n) is 13.6. The number of halogens is 2. The highest BCUT2D eigenvalue weighted by Crippen LogP contribution is 2.20. The molecule has 1 aromatic heterocycles. The van der Waals surface area contributed by atoms with Crippen molar-refractivity contribution in [2.75, 3.05) is 24.6 Å². The van der Waals surface area contributed by atoms with Crippen LogP contribution in [0.3, 0.4) is 0 Å². The van der Waals surface area contributed by atoms with E-state index in [1.807, 2.05) is 17.8 Å². The summed E-state index contributed by atoms with van der Waals surface area (Å²) in [6.07, 6.45) is 1.69. The molecule has 2 heterocycles. The molecule has 0 radical (unpaired) electrons. The number of thioether (sulfide) groups is 1. The number of ether oxygens (including phenoxy) is 1. The van der Waals surface area contributed by atoms with Crippen molar-refractivity contribution < 1.29 is 9.13 Å².